The number of benzene rings is 10. The van der Waals surface area contributed by atoms with Crippen LogP contribution in [0.4, 0.5) is 0 Å². The number of nitrogens with zero attached hydrogens (tertiary/aromatic N) is 4. The van der Waals surface area contributed by atoms with Crippen molar-refractivity contribution >= 4 is 96.8 Å². The Morgan fingerprint density at radius 1 is 0.369 bits per heavy atom. The summed E-state index contributed by atoms with van der Waals surface area (Å²) in [6, 6.07) is 73.3. The van der Waals surface area contributed by atoms with Crippen molar-refractivity contribution in [2.45, 2.75) is 0 Å². The third-order valence-corrected chi connectivity index (χ3v) is 14.1. The van der Waals surface area contributed by atoms with Gasteiger partial charge in [-0.25, -0.2) is 15.0 Å². The van der Waals surface area contributed by atoms with Crippen molar-refractivity contribution < 1.29 is 4.42 Å². The van der Waals surface area contributed by atoms with Crippen LogP contribution in [-0.2, 0) is 0 Å². The SMILES string of the molecule is c1ccc(-c2cccc(-c3nc(-c4ccc5c(c4)sc4ccccc45)nc(-c4cccc5c4oc4ccc6ccc(-n7c8ccccc8c8cc9ccccc9cc87)cc6c45)n3)c2)cc1. The predicted octanol–water partition coefficient (Wildman–Crippen LogP) is 16.2. The maximum atomic E-state index is 6.92. The van der Waals surface area contributed by atoms with E-state index in [9.17, 15) is 0 Å². The van der Waals surface area contributed by atoms with E-state index >= 15 is 0 Å². The van der Waals surface area contributed by atoms with Gasteiger partial charge in [0.15, 0.2) is 17.5 Å². The monoisotopic (exact) mass is 846 g/mol. The number of thiophene rings is 1. The molecule has 0 atom stereocenters. The molecule has 65 heavy (non-hydrogen) atoms. The molecule has 0 spiro atoms. The summed E-state index contributed by atoms with van der Waals surface area (Å²) < 4.78 is 11.8. The Balaban J connectivity index is 0.974. The topological polar surface area (TPSA) is 56.7 Å². The van der Waals surface area contributed by atoms with Gasteiger partial charge in [-0.2, -0.15) is 0 Å². The van der Waals surface area contributed by atoms with E-state index in [1.165, 1.54) is 52.8 Å². The van der Waals surface area contributed by atoms with E-state index < -0.39 is 0 Å². The summed E-state index contributed by atoms with van der Waals surface area (Å²) in [4.78, 5) is 15.7. The van der Waals surface area contributed by atoms with E-state index in [0.717, 1.165) is 66.2 Å². The first-order chi connectivity index (χ1) is 32.2. The maximum Gasteiger partial charge on any atom is 0.167 e. The quantitative estimate of drug-likeness (QED) is 0.173. The third-order valence-electron chi connectivity index (χ3n) is 13.0. The lowest BCUT2D eigenvalue weighted by molar-refractivity contribution is 0.670. The van der Waals surface area contributed by atoms with E-state index in [2.05, 4.69) is 205 Å². The normalized spacial score (nSPS) is 12.0. The third kappa shape index (κ3) is 5.67. The molecule has 0 aliphatic heterocycles. The molecule has 0 bridgehead atoms. The minimum absolute atomic E-state index is 0.554. The molecular weight excluding hydrogens is 813 g/mol. The second kappa shape index (κ2) is 14.0. The van der Waals surface area contributed by atoms with Crippen LogP contribution in [0.1, 0.15) is 0 Å². The molecule has 14 rings (SSSR count). The summed E-state index contributed by atoms with van der Waals surface area (Å²) in [5, 5.41) is 11.7. The lowest BCUT2D eigenvalue weighted by Crippen LogP contribution is -2.00. The Hall–Kier alpha value is -8.45. The van der Waals surface area contributed by atoms with Gasteiger partial charge < -0.3 is 8.98 Å². The summed E-state index contributed by atoms with van der Waals surface area (Å²) >= 11 is 1.79. The van der Waals surface area contributed by atoms with E-state index in [1.54, 1.807) is 11.3 Å². The fraction of sp³-hybridized carbons (Fsp3) is 0. The van der Waals surface area contributed by atoms with Gasteiger partial charge in [-0.05, 0) is 93.3 Å². The Labute approximate surface area is 376 Å². The molecule has 0 radical (unpaired) electrons. The van der Waals surface area contributed by atoms with E-state index in [0.29, 0.717) is 17.5 Å². The van der Waals surface area contributed by atoms with Gasteiger partial charge in [0.05, 0.1) is 16.6 Å². The van der Waals surface area contributed by atoms with Crippen molar-refractivity contribution in [3.05, 3.63) is 206 Å². The molecule has 0 aliphatic carbocycles. The Bertz CT molecular complexity index is 4260. The number of furan rings is 1. The molecule has 4 heterocycles. The molecule has 0 amide bonds. The number of fused-ring (bicyclic) bond motifs is 12. The molecule has 0 fully saturated rings. The van der Waals surface area contributed by atoms with Crippen LogP contribution in [0, 0.1) is 0 Å². The van der Waals surface area contributed by atoms with Gasteiger partial charge in [-0.1, -0.05) is 146 Å². The van der Waals surface area contributed by atoms with Crippen LogP contribution in [0.5, 0.6) is 0 Å². The lowest BCUT2D eigenvalue weighted by Gasteiger charge is -2.11. The standard InChI is InChI=1S/C59H34N4OS/c1-2-12-35(13-3-1)37-16-10-17-40(30-37)57-60-58(41-25-28-45-44-19-7-9-23-53(44)65-54(45)33-41)62-59(61-57)47-21-11-20-46-55-48-34-42(27-24-36(48)26-29-52(55)64-56(46)47)63-50-22-8-6-18-43(50)49-31-38-14-4-5-15-39(38)32-51(49)63/h1-34H. The molecule has 0 aliphatic rings. The molecule has 0 saturated carbocycles. The molecule has 10 aromatic carbocycles. The number of para-hydroxylation sites is 2. The fourth-order valence-electron chi connectivity index (χ4n) is 9.94. The van der Waals surface area contributed by atoms with Crippen LogP contribution in [0.25, 0.3) is 136 Å². The van der Waals surface area contributed by atoms with Crippen LogP contribution >= 0.6 is 11.3 Å². The van der Waals surface area contributed by atoms with Crippen LogP contribution in [-0.4, -0.2) is 19.5 Å². The van der Waals surface area contributed by atoms with Crippen molar-refractivity contribution in [2.24, 2.45) is 0 Å². The highest BCUT2D eigenvalue weighted by Gasteiger charge is 2.21. The minimum Gasteiger partial charge on any atom is -0.455 e. The summed E-state index contributed by atoms with van der Waals surface area (Å²) in [6.45, 7) is 0. The number of aromatic nitrogens is 4. The number of hydrogen-bond acceptors (Lipinski definition) is 5. The lowest BCUT2D eigenvalue weighted by atomic mass is 10.0. The van der Waals surface area contributed by atoms with Crippen LogP contribution in [0.3, 0.4) is 0 Å². The molecule has 0 saturated heterocycles. The Morgan fingerprint density at radius 2 is 1.05 bits per heavy atom. The molecule has 5 nitrogen and oxygen atoms in total. The highest BCUT2D eigenvalue weighted by atomic mass is 32.1. The van der Waals surface area contributed by atoms with Crippen molar-refractivity contribution in [2.75, 3.05) is 0 Å². The molecular formula is C59H34N4OS. The first kappa shape index (κ1) is 36.1. The first-order valence-corrected chi connectivity index (χ1v) is 22.6. The van der Waals surface area contributed by atoms with E-state index in [-0.39, 0.29) is 0 Å². The zero-order chi connectivity index (χ0) is 42.6. The van der Waals surface area contributed by atoms with Gasteiger partial charge >= 0.3 is 0 Å². The number of rotatable bonds is 5. The van der Waals surface area contributed by atoms with Crippen molar-refractivity contribution in [3.63, 3.8) is 0 Å². The summed E-state index contributed by atoms with van der Waals surface area (Å²) in [5.74, 6) is 1.76. The van der Waals surface area contributed by atoms with Gasteiger partial charge in [0, 0.05) is 58.5 Å². The fourth-order valence-corrected chi connectivity index (χ4v) is 11.1. The van der Waals surface area contributed by atoms with Crippen LogP contribution in [0.2, 0.25) is 0 Å². The molecule has 14 aromatic rings. The van der Waals surface area contributed by atoms with Crippen LogP contribution in [0.15, 0.2) is 211 Å². The van der Waals surface area contributed by atoms with Crippen molar-refractivity contribution in [1.29, 1.82) is 0 Å². The van der Waals surface area contributed by atoms with Crippen molar-refractivity contribution in [3.8, 4) is 51.0 Å². The van der Waals surface area contributed by atoms with Gasteiger partial charge in [0.2, 0.25) is 0 Å². The highest BCUT2D eigenvalue weighted by Crippen LogP contribution is 2.42. The minimum atomic E-state index is 0.554. The molecule has 0 N–H and O–H groups in total. The molecule has 6 heteroatoms. The zero-order valence-corrected chi connectivity index (χ0v) is 35.6. The number of hydrogen-bond donors (Lipinski definition) is 0. The van der Waals surface area contributed by atoms with Crippen LogP contribution < -0.4 is 0 Å². The second-order valence-corrected chi connectivity index (χ2v) is 17.8. The summed E-state index contributed by atoms with van der Waals surface area (Å²) in [7, 11) is 0. The van der Waals surface area contributed by atoms with E-state index in [1.807, 2.05) is 6.07 Å². The predicted molar refractivity (Wildman–Crippen MR) is 271 cm³/mol. The average Bonchev–Trinajstić information content (AvgIpc) is 4.05. The zero-order valence-electron chi connectivity index (χ0n) is 34.7. The molecule has 302 valence electrons. The smallest absolute Gasteiger partial charge is 0.167 e. The van der Waals surface area contributed by atoms with Gasteiger partial charge in [-0.3, -0.25) is 0 Å². The van der Waals surface area contributed by atoms with Gasteiger partial charge in [0.25, 0.3) is 0 Å². The maximum absolute atomic E-state index is 6.92. The summed E-state index contributed by atoms with van der Waals surface area (Å²) in [5.41, 5.74) is 9.88. The Morgan fingerprint density at radius 3 is 1.94 bits per heavy atom. The van der Waals surface area contributed by atoms with Crippen molar-refractivity contribution in [1.82, 2.24) is 19.5 Å². The first-order valence-electron chi connectivity index (χ1n) is 21.8. The van der Waals surface area contributed by atoms with Gasteiger partial charge in [-0.15, -0.1) is 11.3 Å². The largest absolute Gasteiger partial charge is 0.455 e. The highest BCUT2D eigenvalue weighted by molar-refractivity contribution is 7.25. The van der Waals surface area contributed by atoms with E-state index in [4.69, 9.17) is 19.4 Å². The average molecular weight is 847 g/mol. The Kier molecular flexibility index (Phi) is 7.79. The molecule has 0 unspecified atom stereocenters. The summed E-state index contributed by atoms with van der Waals surface area (Å²) in [6.07, 6.45) is 0. The van der Waals surface area contributed by atoms with Gasteiger partial charge in [0.1, 0.15) is 11.2 Å². The second-order valence-electron chi connectivity index (χ2n) is 16.8. The molecule has 4 aromatic heterocycles.